The molecule has 1 rings (SSSR count). The highest BCUT2D eigenvalue weighted by Gasteiger charge is 2.42. The normalized spacial score (nSPS) is 35.3. The second kappa shape index (κ2) is 4.03. The van der Waals surface area contributed by atoms with Crippen LogP contribution in [0.1, 0.15) is 33.6 Å². The molecular formula is C10H19IO2. The van der Waals surface area contributed by atoms with Crippen molar-refractivity contribution in [1.29, 1.82) is 0 Å². The van der Waals surface area contributed by atoms with E-state index < -0.39 is 0 Å². The molecule has 0 amide bonds. The van der Waals surface area contributed by atoms with Crippen molar-refractivity contribution in [2.24, 2.45) is 0 Å². The number of rotatable bonds is 3. The summed E-state index contributed by atoms with van der Waals surface area (Å²) in [7, 11) is 1.75. The summed E-state index contributed by atoms with van der Waals surface area (Å²) in [5.74, 6) is 0. The summed E-state index contributed by atoms with van der Waals surface area (Å²) in [6.07, 6.45) is 2.51. The highest BCUT2D eigenvalue weighted by atomic mass is 127. The molecule has 78 valence electrons. The molecule has 0 N–H and O–H groups in total. The zero-order chi connectivity index (χ0) is 10.1. The summed E-state index contributed by atoms with van der Waals surface area (Å²) in [6, 6.07) is 0. The Labute approximate surface area is 94.5 Å². The predicted molar refractivity (Wildman–Crippen MR) is 62.5 cm³/mol. The molecule has 0 aliphatic carbocycles. The SMILES string of the molecule is COC(C)(C)C1CCC(C)(CI)O1. The Morgan fingerprint density at radius 1 is 1.62 bits per heavy atom. The van der Waals surface area contributed by atoms with Crippen LogP contribution in [0.25, 0.3) is 0 Å². The number of alkyl halides is 1. The standard InChI is InChI=1S/C10H19IO2/c1-9(2,12-4)8-5-6-10(3,7-11)13-8/h8H,5-7H2,1-4H3. The summed E-state index contributed by atoms with van der Waals surface area (Å²) < 4.78 is 12.5. The average Bonchev–Trinajstić information content (AvgIpc) is 2.50. The number of halogens is 1. The molecule has 0 saturated carbocycles. The molecule has 2 nitrogen and oxygen atoms in total. The van der Waals surface area contributed by atoms with E-state index in [1.807, 2.05) is 0 Å². The molecule has 1 saturated heterocycles. The van der Waals surface area contributed by atoms with Crippen molar-refractivity contribution in [1.82, 2.24) is 0 Å². The smallest absolute Gasteiger partial charge is 0.0883 e. The topological polar surface area (TPSA) is 18.5 Å². The molecule has 3 heteroatoms. The third kappa shape index (κ3) is 2.57. The summed E-state index contributed by atoms with van der Waals surface area (Å²) in [4.78, 5) is 0. The Balaban J connectivity index is 2.59. The fourth-order valence-electron chi connectivity index (χ4n) is 1.62. The number of hydrogen-bond acceptors (Lipinski definition) is 2. The first-order chi connectivity index (χ1) is 5.93. The molecule has 0 spiro atoms. The van der Waals surface area contributed by atoms with Crippen LogP contribution >= 0.6 is 22.6 Å². The second-order valence-electron chi connectivity index (χ2n) is 4.54. The van der Waals surface area contributed by atoms with Crippen molar-refractivity contribution in [3.63, 3.8) is 0 Å². The molecule has 0 radical (unpaired) electrons. The lowest BCUT2D eigenvalue weighted by molar-refractivity contribution is -0.123. The summed E-state index contributed by atoms with van der Waals surface area (Å²) in [6.45, 7) is 6.37. The Morgan fingerprint density at radius 2 is 2.23 bits per heavy atom. The maximum Gasteiger partial charge on any atom is 0.0883 e. The lowest BCUT2D eigenvalue weighted by Gasteiger charge is -2.32. The van der Waals surface area contributed by atoms with Crippen LogP contribution in [0.4, 0.5) is 0 Å². The Hall–Kier alpha value is 0.650. The lowest BCUT2D eigenvalue weighted by atomic mass is 9.97. The minimum Gasteiger partial charge on any atom is -0.376 e. The number of ether oxygens (including phenoxy) is 2. The average molecular weight is 298 g/mol. The van der Waals surface area contributed by atoms with Crippen molar-refractivity contribution in [3.8, 4) is 0 Å². The van der Waals surface area contributed by atoms with Crippen molar-refractivity contribution < 1.29 is 9.47 Å². The molecule has 2 atom stereocenters. The van der Waals surface area contributed by atoms with Gasteiger partial charge in [0.25, 0.3) is 0 Å². The zero-order valence-corrected chi connectivity index (χ0v) is 11.1. The second-order valence-corrected chi connectivity index (χ2v) is 5.30. The molecule has 1 heterocycles. The molecule has 0 bridgehead atoms. The molecule has 2 unspecified atom stereocenters. The van der Waals surface area contributed by atoms with Crippen molar-refractivity contribution in [3.05, 3.63) is 0 Å². The van der Waals surface area contributed by atoms with Crippen LogP contribution in [-0.2, 0) is 9.47 Å². The third-order valence-corrected chi connectivity index (χ3v) is 4.56. The van der Waals surface area contributed by atoms with Crippen LogP contribution in [-0.4, -0.2) is 28.8 Å². The largest absolute Gasteiger partial charge is 0.376 e. The first kappa shape index (κ1) is 11.7. The molecule has 0 aromatic rings. The minimum absolute atomic E-state index is 0.0705. The van der Waals surface area contributed by atoms with Crippen molar-refractivity contribution in [2.45, 2.75) is 50.9 Å². The zero-order valence-electron chi connectivity index (χ0n) is 8.89. The van der Waals surface area contributed by atoms with Gasteiger partial charge in [0.2, 0.25) is 0 Å². The number of methoxy groups -OCH3 is 1. The first-order valence-electron chi connectivity index (χ1n) is 4.72. The van der Waals surface area contributed by atoms with Gasteiger partial charge in [0.1, 0.15) is 0 Å². The van der Waals surface area contributed by atoms with Gasteiger partial charge >= 0.3 is 0 Å². The van der Waals surface area contributed by atoms with Gasteiger partial charge in [-0.15, -0.1) is 0 Å². The minimum atomic E-state index is -0.149. The van der Waals surface area contributed by atoms with Gasteiger partial charge in [0, 0.05) is 11.5 Å². The van der Waals surface area contributed by atoms with Gasteiger partial charge in [-0.2, -0.15) is 0 Å². The van der Waals surface area contributed by atoms with Gasteiger partial charge in [-0.05, 0) is 33.6 Å². The Morgan fingerprint density at radius 3 is 2.62 bits per heavy atom. The van der Waals surface area contributed by atoms with Crippen LogP contribution in [0.15, 0.2) is 0 Å². The van der Waals surface area contributed by atoms with Gasteiger partial charge in [-0.3, -0.25) is 0 Å². The van der Waals surface area contributed by atoms with E-state index in [1.165, 1.54) is 0 Å². The van der Waals surface area contributed by atoms with E-state index in [4.69, 9.17) is 9.47 Å². The van der Waals surface area contributed by atoms with Gasteiger partial charge in [0.05, 0.1) is 17.3 Å². The van der Waals surface area contributed by atoms with Crippen LogP contribution in [0.3, 0.4) is 0 Å². The van der Waals surface area contributed by atoms with E-state index in [0.29, 0.717) is 0 Å². The van der Waals surface area contributed by atoms with Gasteiger partial charge in [-0.25, -0.2) is 0 Å². The van der Waals surface area contributed by atoms with E-state index >= 15 is 0 Å². The Kier molecular flexibility index (Phi) is 3.63. The molecule has 0 aromatic carbocycles. The van der Waals surface area contributed by atoms with E-state index in [0.717, 1.165) is 17.3 Å². The van der Waals surface area contributed by atoms with Crippen LogP contribution < -0.4 is 0 Å². The Bertz CT molecular complexity index is 182. The van der Waals surface area contributed by atoms with E-state index in [1.54, 1.807) is 7.11 Å². The molecular weight excluding hydrogens is 279 g/mol. The van der Waals surface area contributed by atoms with Crippen LogP contribution in [0, 0.1) is 0 Å². The van der Waals surface area contributed by atoms with Gasteiger partial charge in [0.15, 0.2) is 0 Å². The van der Waals surface area contributed by atoms with Gasteiger partial charge in [-0.1, -0.05) is 22.6 Å². The van der Waals surface area contributed by atoms with Gasteiger partial charge < -0.3 is 9.47 Å². The van der Waals surface area contributed by atoms with Crippen molar-refractivity contribution >= 4 is 22.6 Å². The fraction of sp³-hybridized carbons (Fsp3) is 1.00. The molecule has 1 aliphatic rings. The molecule has 1 fully saturated rings. The maximum atomic E-state index is 6.02. The lowest BCUT2D eigenvalue weighted by Crippen LogP contribution is -2.40. The van der Waals surface area contributed by atoms with Crippen LogP contribution in [0.2, 0.25) is 0 Å². The summed E-state index contributed by atoms with van der Waals surface area (Å²) >= 11 is 2.39. The fourth-order valence-corrected chi connectivity index (χ4v) is 2.18. The molecule has 13 heavy (non-hydrogen) atoms. The molecule has 1 aliphatic heterocycles. The molecule has 0 aromatic heterocycles. The summed E-state index contributed by atoms with van der Waals surface area (Å²) in [5.41, 5.74) is -0.0788. The van der Waals surface area contributed by atoms with E-state index in [-0.39, 0.29) is 17.3 Å². The summed E-state index contributed by atoms with van der Waals surface area (Å²) in [5, 5.41) is 0. The van der Waals surface area contributed by atoms with Crippen LogP contribution in [0.5, 0.6) is 0 Å². The van der Waals surface area contributed by atoms with E-state index in [2.05, 4.69) is 43.4 Å². The monoisotopic (exact) mass is 298 g/mol. The predicted octanol–water partition coefficient (Wildman–Crippen LogP) is 2.78. The first-order valence-corrected chi connectivity index (χ1v) is 6.25. The van der Waals surface area contributed by atoms with E-state index in [9.17, 15) is 0 Å². The highest BCUT2D eigenvalue weighted by molar-refractivity contribution is 14.1. The number of hydrogen-bond donors (Lipinski definition) is 0. The highest BCUT2D eigenvalue weighted by Crippen LogP contribution is 2.37. The third-order valence-electron chi connectivity index (χ3n) is 2.95. The van der Waals surface area contributed by atoms with Crippen molar-refractivity contribution in [2.75, 3.05) is 11.5 Å². The maximum absolute atomic E-state index is 6.02. The quantitative estimate of drug-likeness (QED) is 0.589.